The number of ether oxygens (including phenoxy) is 2. The van der Waals surface area contributed by atoms with E-state index in [4.69, 9.17) is 9.47 Å². The molecule has 1 amide bonds. The van der Waals surface area contributed by atoms with Crippen molar-refractivity contribution in [2.45, 2.75) is 38.8 Å². The highest BCUT2D eigenvalue weighted by Gasteiger charge is 2.24. The van der Waals surface area contributed by atoms with Gasteiger partial charge in [0.25, 0.3) is 0 Å². The van der Waals surface area contributed by atoms with Crippen molar-refractivity contribution in [2.75, 3.05) is 7.11 Å². The number of aliphatic carboxylic acids is 1. The Bertz CT molecular complexity index is 553. The zero-order valence-corrected chi connectivity index (χ0v) is 15.1. The second kappa shape index (κ2) is 7.66. The molecule has 0 unspecified atom stereocenters. The van der Waals surface area contributed by atoms with Crippen molar-refractivity contribution >= 4 is 34.7 Å². The van der Waals surface area contributed by atoms with Gasteiger partial charge in [-0.3, -0.25) is 0 Å². The normalized spacial score (nSPS) is 12.4. The number of methoxy groups -OCH3 is 1. The van der Waals surface area contributed by atoms with E-state index in [1.807, 2.05) is 6.07 Å². The van der Waals surface area contributed by atoms with Crippen LogP contribution in [-0.4, -0.2) is 35.9 Å². The maximum atomic E-state index is 11.7. The maximum absolute atomic E-state index is 11.7. The van der Waals surface area contributed by atoms with E-state index >= 15 is 0 Å². The molecule has 0 aromatic heterocycles. The molecule has 0 aliphatic carbocycles. The van der Waals surface area contributed by atoms with Crippen molar-refractivity contribution in [3.05, 3.63) is 27.3 Å². The van der Waals surface area contributed by atoms with Crippen LogP contribution in [0.4, 0.5) is 4.79 Å². The maximum Gasteiger partial charge on any atom is 0.408 e. The summed E-state index contributed by atoms with van der Waals surface area (Å²) in [7, 11) is 1.57. The van der Waals surface area contributed by atoms with Crippen LogP contribution >= 0.6 is 22.6 Å². The van der Waals surface area contributed by atoms with Gasteiger partial charge in [-0.05, 0) is 61.1 Å². The topological polar surface area (TPSA) is 84.9 Å². The van der Waals surface area contributed by atoms with Crippen molar-refractivity contribution in [3.63, 3.8) is 0 Å². The molecule has 1 atom stereocenters. The van der Waals surface area contributed by atoms with Crippen LogP contribution in [0.5, 0.6) is 5.75 Å². The van der Waals surface area contributed by atoms with E-state index in [0.29, 0.717) is 0 Å². The van der Waals surface area contributed by atoms with E-state index in [2.05, 4.69) is 27.9 Å². The Morgan fingerprint density at radius 1 is 1.36 bits per heavy atom. The lowest BCUT2D eigenvalue weighted by molar-refractivity contribution is -0.139. The Labute approximate surface area is 143 Å². The summed E-state index contributed by atoms with van der Waals surface area (Å²) >= 11 is 2.11. The Morgan fingerprint density at radius 2 is 2.00 bits per heavy atom. The molecule has 0 fully saturated rings. The number of hydrogen-bond donors (Lipinski definition) is 2. The van der Waals surface area contributed by atoms with Gasteiger partial charge in [0.2, 0.25) is 0 Å². The third-order valence-corrected chi connectivity index (χ3v) is 3.49. The van der Waals surface area contributed by atoms with Crippen molar-refractivity contribution in [2.24, 2.45) is 0 Å². The monoisotopic (exact) mass is 421 g/mol. The predicted molar refractivity (Wildman–Crippen MR) is 90.2 cm³/mol. The largest absolute Gasteiger partial charge is 0.496 e. The van der Waals surface area contributed by atoms with E-state index in [9.17, 15) is 14.7 Å². The molecule has 0 heterocycles. The highest BCUT2D eigenvalue weighted by atomic mass is 127. The number of carboxylic acids is 1. The van der Waals surface area contributed by atoms with E-state index in [1.54, 1.807) is 40.0 Å². The standard InChI is InChI=1S/C15H20INO5/c1-15(2,3)22-14(20)17-11(13(18)19)8-9-5-6-12(21-4)10(16)7-9/h5-7,11H,8H2,1-4H3,(H,17,20)(H,18,19)/t11-/m0/s1. The molecule has 0 aliphatic rings. The van der Waals surface area contributed by atoms with Crippen molar-refractivity contribution in [1.29, 1.82) is 0 Å². The highest BCUT2D eigenvalue weighted by Crippen LogP contribution is 2.22. The first-order valence-corrected chi connectivity index (χ1v) is 7.75. The molecule has 0 saturated heterocycles. The molecule has 7 heteroatoms. The number of carbonyl (C=O) groups is 2. The number of benzene rings is 1. The van der Waals surface area contributed by atoms with Crippen LogP contribution < -0.4 is 10.1 Å². The molecule has 122 valence electrons. The number of halogens is 1. The third-order valence-electron chi connectivity index (χ3n) is 2.65. The summed E-state index contributed by atoms with van der Waals surface area (Å²) in [6, 6.07) is 4.31. The number of alkyl carbamates (subject to hydrolysis) is 1. The minimum atomic E-state index is -1.11. The highest BCUT2D eigenvalue weighted by molar-refractivity contribution is 14.1. The molecule has 6 nitrogen and oxygen atoms in total. The van der Waals surface area contributed by atoms with Gasteiger partial charge in [0.15, 0.2) is 0 Å². The average Bonchev–Trinajstić information content (AvgIpc) is 2.35. The van der Waals surface area contributed by atoms with Crippen molar-refractivity contribution in [3.8, 4) is 5.75 Å². The summed E-state index contributed by atoms with van der Waals surface area (Å²) < 4.78 is 11.1. The van der Waals surface area contributed by atoms with E-state index in [0.717, 1.165) is 14.9 Å². The smallest absolute Gasteiger partial charge is 0.408 e. The molecule has 0 saturated carbocycles. The molecule has 0 bridgehead atoms. The fraction of sp³-hybridized carbons (Fsp3) is 0.467. The van der Waals surface area contributed by atoms with Gasteiger partial charge < -0.3 is 19.9 Å². The number of carboxylic acid groups (broad SMARTS) is 1. The van der Waals surface area contributed by atoms with E-state index in [1.165, 1.54) is 0 Å². The number of nitrogens with one attached hydrogen (secondary N) is 1. The van der Waals surface area contributed by atoms with Gasteiger partial charge in [0.1, 0.15) is 17.4 Å². The second-order valence-electron chi connectivity index (χ2n) is 5.71. The van der Waals surface area contributed by atoms with Crippen LogP contribution in [0.15, 0.2) is 18.2 Å². The first-order chi connectivity index (χ1) is 10.1. The molecule has 2 N–H and O–H groups in total. The Morgan fingerprint density at radius 3 is 2.45 bits per heavy atom. The van der Waals surface area contributed by atoms with Crippen LogP contribution in [0.25, 0.3) is 0 Å². The lowest BCUT2D eigenvalue weighted by atomic mass is 10.1. The Hall–Kier alpha value is -1.51. The quantitative estimate of drug-likeness (QED) is 0.715. The number of amides is 1. The zero-order valence-electron chi connectivity index (χ0n) is 13.0. The minimum Gasteiger partial charge on any atom is -0.496 e. The van der Waals surface area contributed by atoms with Gasteiger partial charge in [-0.2, -0.15) is 0 Å². The number of hydrogen-bond acceptors (Lipinski definition) is 4. The number of rotatable bonds is 5. The first kappa shape index (κ1) is 18.5. The fourth-order valence-corrected chi connectivity index (χ4v) is 2.52. The van der Waals surface area contributed by atoms with Crippen LogP contribution in [-0.2, 0) is 16.0 Å². The van der Waals surface area contributed by atoms with Crippen molar-refractivity contribution < 1.29 is 24.2 Å². The Balaban J connectivity index is 2.78. The summed E-state index contributed by atoms with van der Waals surface area (Å²) in [4.78, 5) is 23.0. The summed E-state index contributed by atoms with van der Waals surface area (Å²) in [5, 5.41) is 11.6. The lowest BCUT2D eigenvalue weighted by Crippen LogP contribution is -2.44. The molecular formula is C15H20INO5. The molecule has 0 radical (unpaired) electrons. The van der Waals surface area contributed by atoms with Gasteiger partial charge in [-0.15, -0.1) is 0 Å². The molecule has 1 rings (SSSR count). The summed E-state index contributed by atoms with van der Waals surface area (Å²) in [5.74, 6) is -0.395. The number of carbonyl (C=O) groups excluding carboxylic acids is 1. The van der Waals surface area contributed by atoms with Crippen LogP contribution in [0, 0.1) is 3.57 Å². The second-order valence-corrected chi connectivity index (χ2v) is 6.87. The fourth-order valence-electron chi connectivity index (χ4n) is 1.72. The molecule has 1 aromatic carbocycles. The van der Waals surface area contributed by atoms with E-state index < -0.39 is 23.7 Å². The van der Waals surface area contributed by atoms with Gasteiger partial charge in [0.05, 0.1) is 10.7 Å². The van der Waals surface area contributed by atoms with Crippen LogP contribution in [0.2, 0.25) is 0 Å². The molecular weight excluding hydrogens is 401 g/mol. The van der Waals surface area contributed by atoms with Gasteiger partial charge in [0, 0.05) is 6.42 Å². The summed E-state index contributed by atoms with van der Waals surface area (Å²) in [6.07, 6.45) is -0.586. The van der Waals surface area contributed by atoms with Crippen LogP contribution in [0.3, 0.4) is 0 Å². The predicted octanol–water partition coefficient (Wildman–Crippen LogP) is 2.82. The SMILES string of the molecule is COc1ccc(C[C@H](NC(=O)OC(C)(C)C)C(=O)O)cc1I. The zero-order chi connectivity index (χ0) is 16.9. The van der Waals surface area contributed by atoms with Gasteiger partial charge in [-0.1, -0.05) is 6.07 Å². The molecule has 0 spiro atoms. The lowest BCUT2D eigenvalue weighted by Gasteiger charge is -2.22. The van der Waals surface area contributed by atoms with Gasteiger partial charge >= 0.3 is 12.1 Å². The van der Waals surface area contributed by atoms with E-state index in [-0.39, 0.29) is 6.42 Å². The first-order valence-electron chi connectivity index (χ1n) is 6.67. The van der Waals surface area contributed by atoms with Gasteiger partial charge in [-0.25, -0.2) is 9.59 Å². The molecule has 22 heavy (non-hydrogen) atoms. The van der Waals surface area contributed by atoms with Crippen molar-refractivity contribution in [1.82, 2.24) is 5.32 Å². The average molecular weight is 421 g/mol. The molecule has 0 aliphatic heterocycles. The third kappa shape index (κ3) is 6.08. The summed E-state index contributed by atoms with van der Waals surface area (Å²) in [6.45, 7) is 5.15. The minimum absolute atomic E-state index is 0.161. The molecule has 1 aromatic rings. The van der Waals surface area contributed by atoms with Crippen LogP contribution in [0.1, 0.15) is 26.3 Å². The summed E-state index contributed by atoms with van der Waals surface area (Å²) in [5.41, 5.74) is 0.108. The Kier molecular flexibility index (Phi) is 6.46.